The number of hydrogen-bond acceptors (Lipinski definition) is 2. The van der Waals surface area contributed by atoms with Crippen molar-refractivity contribution in [1.82, 2.24) is 0 Å². The van der Waals surface area contributed by atoms with Crippen molar-refractivity contribution in [1.29, 1.82) is 0 Å². The molecule has 2 aromatic rings. The number of hydrogen-bond donors (Lipinski definition) is 0. The van der Waals surface area contributed by atoms with Crippen molar-refractivity contribution in [2.45, 2.75) is 12.3 Å². The maximum atomic E-state index is 13.7. The molecule has 2 rings (SSSR count). The molecule has 6 heteroatoms. The van der Waals surface area contributed by atoms with Gasteiger partial charge in [0.2, 0.25) is 0 Å². The molecule has 110 valence electrons. The normalized spacial score (nSPS) is 12.7. The maximum Gasteiger partial charge on any atom is 0.333 e. The van der Waals surface area contributed by atoms with Gasteiger partial charge in [0, 0.05) is 5.57 Å². The monoisotopic (exact) mass is 314 g/mol. The zero-order chi connectivity index (χ0) is 15.5. The third kappa shape index (κ3) is 3.39. The molecule has 0 saturated heterocycles. The molecule has 0 N–H and O–H groups in total. The molecular formula is C15H10F4OS. The molecule has 0 amide bonds. The first-order valence-corrected chi connectivity index (χ1v) is 6.82. The van der Waals surface area contributed by atoms with Crippen molar-refractivity contribution >= 4 is 22.7 Å². The van der Waals surface area contributed by atoms with E-state index in [1.54, 1.807) is 17.5 Å². The molecule has 0 fully saturated rings. The lowest BCUT2D eigenvalue weighted by molar-refractivity contribution is -0.0824. The molecule has 0 spiro atoms. The molecule has 0 bridgehead atoms. The van der Waals surface area contributed by atoms with E-state index in [2.05, 4.69) is 0 Å². The van der Waals surface area contributed by atoms with Crippen LogP contribution in [0.15, 0.2) is 53.9 Å². The predicted octanol–water partition coefficient (Wildman–Crippen LogP) is 4.91. The lowest BCUT2D eigenvalue weighted by Crippen LogP contribution is -2.28. The fraction of sp³-hybridized carbons (Fsp3) is 0.133. The lowest BCUT2D eigenvalue weighted by Gasteiger charge is -2.19. The van der Waals surface area contributed by atoms with Gasteiger partial charge in [-0.1, -0.05) is 36.4 Å². The van der Waals surface area contributed by atoms with Crippen molar-refractivity contribution < 1.29 is 22.4 Å². The molecule has 0 aliphatic rings. The molecule has 1 heterocycles. The molecule has 1 aromatic carbocycles. The molecule has 21 heavy (non-hydrogen) atoms. The minimum absolute atomic E-state index is 0.104. The van der Waals surface area contributed by atoms with Crippen LogP contribution in [-0.4, -0.2) is 18.1 Å². The molecule has 0 saturated carbocycles. The van der Waals surface area contributed by atoms with Gasteiger partial charge in [0.05, 0.1) is 4.88 Å². The maximum absolute atomic E-state index is 13.7. The summed E-state index contributed by atoms with van der Waals surface area (Å²) in [6.45, 7) is 0. The second-order valence-corrected chi connectivity index (χ2v) is 5.14. The highest BCUT2D eigenvalue weighted by Gasteiger charge is 2.45. The number of allylic oxidation sites excluding steroid dienone is 2. The van der Waals surface area contributed by atoms with Gasteiger partial charge in [-0.05, 0) is 23.1 Å². The Morgan fingerprint density at radius 3 is 2.29 bits per heavy atom. The van der Waals surface area contributed by atoms with Crippen molar-refractivity contribution in [3.8, 4) is 0 Å². The zero-order valence-corrected chi connectivity index (χ0v) is 11.4. The van der Waals surface area contributed by atoms with Crippen molar-refractivity contribution in [3.05, 3.63) is 64.4 Å². The van der Waals surface area contributed by atoms with Gasteiger partial charge in [-0.2, -0.15) is 8.78 Å². The molecule has 1 nitrogen and oxygen atoms in total. The van der Waals surface area contributed by atoms with Gasteiger partial charge in [-0.15, -0.1) is 11.3 Å². The summed E-state index contributed by atoms with van der Waals surface area (Å²) in [7, 11) is 0. The van der Waals surface area contributed by atoms with Crippen LogP contribution >= 0.6 is 11.3 Å². The minimum atomic E-state index is -4.39. The SMILES string of the molecule is O=C(C=C(c1ccccc1)C(F)(F)C(F)F)c1cccs1. The average Bonchev–Trinajstić information content (AvgIpc) is 2.99. The molecule has 0 aliphatic heterocycles. The van der Waals surface area contributed by atoms with Gasteiger partial charge in [-0.25, -0.2) is 8.78 Å². The highest BCUT2D eigenvalue weighted by atomic mass is 32.1. The van der Waals surface area contributed by atoms with E-state index in [-0.39, 0.29) is 10.4 Å². The largest absolute Gasteiger partial charge is 0.333 e. The van der Waals surface area contributed by atoms with E-state index < -0.39 is 23.7 Å². The fourth-order valence-corrected chi connectivity index (χ4v) is 2.36. The predicted molar refractivity (Wildman–Crippen MR) is 74.0 cm³/mol. The first kappa shape index (κ1) is 15.4. The van der Waals surface area contributed by atoms with Crippen LogP contribution in [0.2, 0.25) is 0 Å². The third-order valence-corrected chi connectivity index (χ3v) is 3.64. The van der Waals surface area contributed by atoms with Gasteiger partial charge >= 0.3 is 12.3 Å². The van der Waals surface area contributed by atoms with Crippen LogP contribution in [0.25, 0.3) is 5.57 Å². The summed E-state index contributed by atoms with van der Waals surface area (Å²) >= 11 is 1.06. The average molecular weight is 314 g/mol. The zero-order valence-electron chi connectivity index (χ0n) is 10.6. The number of carbonyl (C=O) groups is 1. The fourth-order valence-electron chi connectivity index (χ4n) is 1.73. The number of alkyl halides is 4. The van der Waals surface area contributed by atoms with E-state index in [9.17, 15) is 22.4 Å². The van der Waals surface area contributed by atoms with Crippen molar-refractivity contribution in [3.63, 3.8) is 0 Å². The number of carbonyl (C=O) groups excluding carboxylic acids is 1. The summed E-state index contributed by atoms with van der Waals surface area (Å²) in [5.41, 5.74) is -1.08. The first-order chi connectivity index (χ1) is 9.93. The van der Waals surface area contributed by atoms with Crippen molar-refractivity contribution in [2.75, 3.05) is 0 Å². The minimum Gasteiger partial charge on any atom is -0.288 e. The summed E-state index contributed by atoms with van der Waals surface area (Å²) in [6.07, 6.45) is -3.30. The highest BCUT2D eigenvalue weighted by Crippen LogP contribution is 2.38. The first-order valence-electron chi connectivity index (χ1n) is 5.94. The second kappa shape index (κ2) is 6.22. The van der Waals surface area contributed by atoms with Crippen LogP contribution in [0.4, 0.5) is 17.6 Å². The number of benzene rings is 1. The van der Waals surface area contributed by atoms with E-state index in [0.29, 0.717) is 6.08 Å². The molecular weight excluding hydrogens is 304 g/mol. The van der Waals surface area contributed by atoms with Gasteiger partial charge in [-0.3, -0.25) is 4.79 Å². The molecule has 0 atom stereocenters. The Hall–Kier alpha value is -1.95. The quantitative estimate of drug-likeness (QED) is 0.435. The summed E-state index contributed by atoms with van der Waals surface area (Å²) in [4.78, 5) is 12.1. The summed E-state index contributed by atoms with van der Waals surface area (Å²) in [5.74, 6) is -5.11. The van der Waals surface area contributed by atoms with E-state index in [1.165, 1.54) is 30.3 Å². The van der Waals surface area contributed by atoms with Crippen LogP contribution in [0.1, 0.15) is 15.2 Å². The summed E-state index contributed by atoms with van der Waals surface area (Å²) in [6, 6.07) is 10.0. The van der Waals surface area contributed by atoms with Gasteiger partial charge in [0.15, 0.2) is 5.78 Å². The molecule has 1 aromatic heterocycles. The van der Waals surface area contributed by atoms with Crippen LogP contribution in [0.3, 0.4) is 0 Å². The van der Waals surface area contributed by atoms with Crippen molar-refractivity contribution in [2.24, 2.45) is 0 Å². The summed E-state index contributed by atoms with van der Waals surface area (Å²) in [5, 5.41) is 1.61. The number of halogens is 4. The van der Waals surface area contributed by atoms with E-state index in [4.69, 9.17) is 0 Å². The Morgan fingerprint density at radius 1 is 1.10 bits per heavy atom. The van der Waals surface area contributed by atoms with Crippen LogP contribution in [0, 0.1) is 0 Å². The van der Waals surface area contributed by atoms with Gasteiger partial charge in [0.1, 0.15) is 0 Å². The Labute approximate surface area is 122 Å². The standard InChI is InChI=1S/C15H10F4OS/c16-14(17)15(18,19)11(10-5-2-1-3-6-10)9-12(20)13-7-4-8-21-13/h1-9,14H. The van der Waals surface area contributed by atoms with E-state index >= 15 is 0 Å². The number of ketones is 1. The van der Waals surface area contributed by atoms with Crippen LogP contribution in [-0.2, 0) is 0 Å². The lowest BCUT2D eigenvalue weighted by atomic mass is 9.98. The number of rotatable bonds is 5. The van der Waals surface area contributed by atoms with Crippen LogP contribution < -0.4 is 0 Å². The smallest absolute Gasteiger partial charge is 0.288 e. The second-order valence-electron chi connectivity index (χ2n) is 4.19. The van der Waals surface area contributed by atoms with Crippen LogP contribution in [0.5, 0.6) is 0 Å². The number of thiophene rings is 1. The van der Waals surface area contributed by atoms with Gasteiger partial charge in [0.25, 0.3) is 0 Å². The summed E-state index contributed by atoms with van der Waals surface area (Å²) < 4.78 is 52.7. The Kier molecular flexibility index (Phi) is 4.57. The molecule has 0 radical (unpaired) electrons. The Morgan fingerprint density at radius 2 is 1.76 bits per heavy atom. The molecule has 0 unspecified atom stereocenters. The van der Waals surface area contributed by atoms with E-state index in [0.717, 1.165) is 11.3 Å². The third-order valence-electron chi connectivity index (χ3n) is 2.76. The molecule has 0 aliphatic carbocycles. The topological polar surface area (TPSA) is 17.1 Å². The Bertz CT molecular complexity index is 633. The highest BCUT2D eigenvalue weighted by molar-refractivity contribution is 7.12. The van der Waals surface area contributed by atoms with E-state index in [1.807, 2.05) is 0 Å². The Balaban J connectivity index is 2.49. The van der Waals surface area contributed by atoms with Gasteiger partial charge < -0.3 is 0 Å².